The van der Waals surface area contributed by atoms with E-state index in [1.165, 1.54) is 13.2 Å². The van der Waals surface area contributed by atoms with Crippen LogP contribution in [0.25, 0.3) is 11.3 Å². The molecule has 116 valence electrons. The first-order valence-corrected chi connectivity index (χ1v) is 6.42. The standard InChI is InChI=1S/C15H13N5O3/c1-22-15(21)13-7-6-12(23-13)9-2-4-10(5-3-9)19-20-11(8-16)14(17)18/h2-7,19H,1H3,(H3,17,18)/b20-11+. The SMILES string of the molecule is COC(=O)c1ccc(-c2ccc(N/N=C(\C#N)C(=N)N)cc2)o1. The molecule has 1 aromatic carbocycles. The minimum Gasteiger partial charge on any atom is -0.463 e. The van der Waals surface area contributed by atoms with Crippen molar-refractivity contribution >= 4 is 23.2 Å². The highest BCUT2D eigenvalue weighted by Crippen LogP contribution is 2.24. The Labute approximate surface area is 131 Å². The van der Waals surface area contributed by atoms with Crippen molar-refractivity contribution in [1.82, 2.24) is 0 Å². The fourth-order valence-electron chi connectivity index (χ4n) is 1.68. The first-order valence-electron chi connectivity index (χ1n) is 6.42. The summed E-state index contributed by atoms with van der Waals surface area (Å²) in [5.74, 6) is -0.323. The summed E-state index contributed by atoms with van der Waals surface area (Å²) >= 11 is 0. The van der Waals surface area contributed by atoms with Crippen molar-refractivity contribution in [2.24, 2.45) is 10.8 Å². The predicted octanol–water partition coefficient (Wildman–Crippen LogP) is 1.96. The Bertz CT molecular complexity index is 799. The van der Waals surface area contributed by atoms with Crippen LogP contribution in [0.2, 0.25) is 0 Å². The van der Waals surface area contributed by atoms with Crippen LogP contribution in [0.4, 0.5) is 5.69 Å². The van der Waals surface area contributed by atoms with Gasteiger partial charge in [-0.05, 0) is 36.4 Å². The van der Waals surface area contributed by atoms with Gasteiger partial charge in [0.15, 0.2) is 5.84 Å². The van der Waals surface area contributed by atoms with Gasteiger partial charge in [0.2, 0.25) is 11.5 Å². The molecule has 0 radical (unpaired) electrons. The number of hydrogen-bond acceptors (Lipinski definition) is 7. The third-order valence-electron chi connectivity index (χ3n) is 2.82. The summed E-state index contributed by atoms with van der Waals surface area (Å²) in [6.07, 6.45) is 0. The number of nitrogens with zero attached hydrogens (tertiary/aromatic N) is 2. The summed E-state index contributed by atoms with van der Waals surface area (Å²) in [4.78, 5) is 11.4. The molecule has 0 unspecified atom stereocenters. The van der Waals surface area contributed by atoms with E-state index in [2.05, 4.69) is 15.3 Å². The van der Waals surface area contributed by atoms with Gasteiger partial charge in [-0.2, -0.15) is 10.4 Å². The van der Waals surface area contributed by atoms with Crippen LogP contribution in [-0.4, -0.2) is 24.6 Å². The van der Waals surface area contributed by atoms with Crippen molar-refractivity contribution in [3.05, 3.63) is 42.2 Å². The second-order valence-corrected chi connectivity index (χ2v) is 4.33. The van der Waals surface area contributed by atoms with Crippen LogP contribution in [0, 0.1) is 16.7 Å². The lowest BCUT2D eigenvalue weighted by Gasteiger charge is -2.02. The van der Waals surface area contributed by atoms with Crippen LogP contribution in [-0.2, 0) is 4.74 Å². The lowest BCUT2D eigenvalue weighted by Crippen LogP contribution is -2.21. The fourth-order valence-corrected chi connectivity index (χ4v) is 1.68. The topological polar surface area (TPSA) is 137 Å². The molecule has 8 nitrogen and oxygen atoms in total. The molecule has 4 N–H and O–H groups in total. The molecule has 0 aliphatic heterocycles. The Kier molecular flexibility index (Phi) is 4.74. The van der Waals surface area contributed by atoms with E-state index < -0.39 is 11.8 Å². The highest BCUT2D eigenvalue weighted by atomic mass is 16.5. The van der Waals surface area contributed by atoms with E-state index in [0.717, 1.165) is 5.56 Å². The van der Waals surface area contributed by atoms with Crippen LogP contribution in [0.15, 0.2) is 45.9 Å². The van der Waals surface area contributed by atoms with E-state index in [0.29, 0.717) is 11.4 Å². The van der Waals surface area contributed by atoms with Gasteiger partial charge in [0.1, 0.15) is 11.8 Å². The highest BCUT2D eigenvalue weighted by Gasteiger charge is 2.12. The molecule has 0 atom stereocenters. The fraction of sp³-hybridized carbons (Fsp3) is 0.0667. The Morgan fingerprint density at radius 2 is 2.04 bits per heavy atom. The van der Waals surface area contributed by atoms with Crippen LogP contribution in [0.1, 0.15) is 10.6 Å². The summed E-state index contributed by atoms with van der Waals surface area (Å²) in [7, 11) is 1.28. The maximum Gasteiger partial charge on any atom is 0.373 e. The molecular weight excluding hydrogens is 298 g/mol. The number of ether oxygens (including phenoxy) is 1. The second-order valence-electron chi connectivity index (χ2n) is 4.33. The number of carbonyl (C=O) groups excluding carboxylic acids is 1. The van der Waals surface area contributed by atoms with Gasteiger partial charge < -0.3 is 14.9 Å². The van der Waals surface area contributed by atoms with Crippen LogP contribution in [0.3, 0.4) is 0 Å². The molecule has 0 saturated carbocycles. The molecule has 0 spiro atoms. The molecule has 0 fully saturated rings. The molecule has 8 heteroatoms. The molecular formula is C15H13N5O3. The lowest BCUT2D eigenvalue weighted by molar-refractivity contribution is 0.0566. The highest BCUT2D eigenvalue weighted by molar-refractivity contribution is 6.45. The predicted molar refractivity (Wildman–Crippen MR) is 84.1 cm³/mol. The van der Waals surface area contributed by atoms with Gasteiger partial charge in [0.25, 0.3) is 0 Å². The third-order valence-corrected chi connectivity index (χ3v) is 2.82. The number of nitriles is 1. The van der Waals surface area contributed by atoms with Crippen LogP contribution < -0.4 is 11.2 Å². The quantitative estimate of drug-likeness (QED) is 0.334. The Morgan fingerprint density at radius 1 is 1.35 bits per heavy atom. The van der Waals surface area contributed by atoms with E-state index in [9.17, 15) is 4.79 Å². The van der Waals surface area contributed by atoms with Crippen molar-refractivity contribution in [3.63, 3.8) is 0 Å². The number of furan rings is 1. The van der Waals surface area contributed by atoms with Gasteiger partial charge in [0.05, 0.1) is 12.8 Å². The van der Waals surface area contributed by atoms with Crippen molar-refractivity contribution in [1.29, 1.82) is 10.7 Å². The zero-order chi connectivity index (χ0) is 16.8. The first-order chi connectivity index (χ1) is 11.0. The molecule has 0 amide bonds. The van der Waals surface area contributed by atoms with Crippen molar-refractivity contribution in [3.8, 4) is 17.4 Å². The van der Waals surface area contributed by atoms with Gasteiger partial charge in [-0.1, -0.05) is 0 Å². The molecule has 1 aromatic heterocycles. The average Bonchev–Trinajstić information content (AvgIpc) is 3.05. The number of rotatable bonds is 5. The number of esters is 1. The number of amidine groups is 1. The summed E-state index contributed by atoms with van der Waals surface area (Å²) in [6.45, 7) is 0. The number of nitrogens with two attached hydrogens (primary N) is 1. The molecule has 1 heterocycles. The lowest BCUT2D eigenvalue weighted by atomic mass is 10.1. The number of anilines is 1. The number of hydrazone groups is 1. The van der Waals surface area contributed by atoms with E-state index in [1.807, 2.05) is 0 Å². The molecule has 0 bridgehead atoms. The molecule has 0 aliphatic rings. The third kappa shape index (κ3) is 3.74. The smallest absolute Gasteiger partial charge is 0.373 e. The van der Waals surface area contributed by atoms with Gasteiger partial charge in [-0.15, -0.1) is 0 Å². The maximum absolute atomic E-state index is 11.4. The van der Waals surface area contributed by atoms with Crippen molar-refractivity contribution in [2.75, 3.05) is 12.5 Å². The summed E-state index contributed by atoms with van der Waals surface area (Å²) < 4.78 is 9.98. The summed E-state index contributed by atoms with van der Waals surface area (Å²) in [5, 5.41) is 19.6. The largest absolute Gasteiger partial charge is 0.463 e. The minimum absolute atomic E-state index is 0.120. The number of methoxy groups -OCH3 is 1. The number of hydrogen-bond donors (Lipinski definition) is 3. The summed E-state index contributed by atoms with van der Waals surface area (Å²) in [6, 6.07) is 11.8. The van der Waals surface area contributed by atoms with Crippen LogP contribution >= 0.6 is 0 Å². The molecule has 0 saturated heterocycles. The van der Waals surface area contributed by atoms with Crippen molar-refractivity contribution in [2.45, 2.75) is 0 Å². The van der Waals surface area contributed by atoms with Crippen LogP contribution in [0.5, 0.6) is 0 Å². The van der Waals surface area contributed by atoms with Crippen molar-refractivity contribution < 1.29 is 13.9 Å². The van der Waals surface area contributed by atoms with Gasteiger partial charge in [-0.3, -0.25) is 10.8 Å². The molecule has 2 rings (SSSR count). The molecule has 2 aromatic rings. The van der Waals surface area contributed by atoms with E-state index in [-0.39, 0.29) is 11.5 Å². The van der Waals surface area contributed by atoms with Gasteiger partial charge in [-0.25, -0.2) is 4.79 Å². The zero-order valence-electron chi connectivity index (χ0n) is 12.2. The Hall–Kier alpha value is -3.60. The number of benzene rings is 1. The normalized spacial score (nSPS) is 10.7. The maximum atomic E-state index is 11.4. The van der Waals surface area contributed by atoms with Gasteiger partial charge in [0, 0.05) is 5.56 Å². The second kappa shape index (κ2) is 6.91. The summed E-state index contributed by atoms with van der Waals surface area (Å²) in [5.41, 5.74) is 8.96. The molecule has 23 heavy (non-hydrogen) atoms. The zero-order valence-corrected chi connectivity index (χ0v) is 12.2. The van der Waals surface area contributed by atoms with E-state index >= 15 is 0 Å². The Balaban J connectivity index is 2.14. The Morgan fingerprint density at radius 3 is 2.61 bits per heavy atom. The minimum atomic E-state index is -0.544. The van der Waals surface area contributed by atoms with E-state index in [4.69, 9.17) is 20.8 Å². The number of nitrogens with one attached hydrogen (secondary N) is 2. The molecule has 0 aliphatic carbocycles. The first kappa shape index (κ1) is 15.8. The average molecular weight is 311 g/mol. The number of carbonyl (C=O) groups is 1. The van der Waals surface area contributed by atoms with Gasteiger partial charge >= 0.3 is 5.97 Å². The van der Waals surface area contributed by atoms with E-state index in [1.54, 1.807) is 36.4 Å². The monoisotopic (exact) mass is 311 g/mol.